The first-order valence-corrected chi connectivity index (χ1v) is 9.25. The van der Waals surface area contributed by atoms with Crippen molar-refractivity contribution in [2.45, 2.75) is 53.4 Å². The Morgan fingerprint density at radius 1 is 1.05 bits per heavy atom. The van der Waals surface area contributed by atoms with E-state index in [1.54, 1.807) is 0 Å². The zero-order chi connectivity index (χ0) is 15.7. The van der Waals surface area contributed by atoms with E-state index in [1.807, 2.05) is 0 Å². The molecular formula is C19H32BrN. The summed E-state index contributed by atoms with van der Waals surface area (Å²) in [6, 6.07) is 8.82. The van der Waals surface area contributed by atoms with Gasteiger partial charge in [0.25, 0.3) is 0 Å². The van der Waals surface area contributed by atoms with Crippen LogP contribution in [0.5, 0.6) is 0 Å². The number of rotatable bonds is 10. The molecule has 0 saturated carbocycles. The molecule has 1 aromatic carbocycles. The van der Waals surface area contributed by atoms with Gasteiger partial charge in [-0.05, 0) is 61.4 Å². The topological polar surface area (TPSA) is 12.0 Å². The van der Waals surface area contributed by atoms with Crippen molar-refractivity contribution in [2.75, 3.05) is 13.1 Å². The smallest absolute Gasteiger partial charge is 0.0175 e. The average Bonchev–Trinajstić information content (AvgIpc) is 2.41. The predicted molar refractivity (Wildman–Crippen MR) is 97.7 cm³/mol. The number of nitrogens with one attached hydrogen (secondary N) is 1. The molecule has 1 N–H and O–H groups in total. The Bertz CT molecular complexity index is 372. The Morgan fingerprint density at radius 3 is 2.29 bits per heavy atom. The SMILES string of the molecule is CCCC(C)CC(CNCC(C)C)Cc1ccc(Br)cc1. The van der Waals surface area contributed by atoms with E-state index in [2.05, 4.69) is 73.2 Å². The fourth-order valence-electron chi connectivity index (χ4n) is 2.95. The molecule has 0 spiro atoms. The monoisotopic (exact) mass is 353 g/mol. The molecule has 2 heteroatoms. The quantitative estimate of drug-likeness (QED) is 0.570. The van der Waals surface area contributed by atoms with Gasteiger partial charge in [-0.25, -0.2) is 0 Å². The van der Waals surface area contributed by atoms with Gasteiger partial charge in [0, 0.05) is 4.47 Å². The Kier molecular flexibility index (Phi) is 9.26. The fraction of sp³-hybridized carbons (Fsp3) is 0.684. The van der Waals surface area contributed by atoms with Crippen LogP contribution in [0.1, 0.15) is 52.5 Å². The highest BCUT2D eigenvalue weighted by atomic mass is 79.9. The molecule has 0 fully saturated rings. The Morgan fingerprint density at radius 2 is 1.71 bits per heavy atom. The van der Waals surface area contributed by atoms with Crippen molar-refractivity contribution in [1.82, 2.24) is 5.32 Å². The second-order valence-electron chi connectivity index (χ2n) is 6.88. The molecule has 2 atom stereocenters. The van der Waals surface area contributed by atoms with E-state index in [9.17, 15) is 0 Å². The van der Waals surface area contributed by atoms with Gasteiger partial charge in [0.05, 0.1) is 0 Å². The van der Waals surface area contributed by atoms with E-state index >= 15 is 0 Å². The summed E-state index contributed by atoms with van der Waals surface area (Å²) in [5.41, 5.74) is 1.46. The van der Waals surface area contributed by atoms with Crippen LogP contribution in [-0.4, -0.2) is 13.1 Å². The van der Waals surface area contributed by atoms with Crippen LogP contribution in [0.25, 0.3) is 0 Å². The largest absolute Gasteiger partial charge is 0.316 e. The molecular weight excluding hydrogens is 322 g/mol. The van der Waals surface area contributed by atoms with Crippen LogP contribution in [0.2, 0.25) is 0 Å². The number of benzene rings is 1. The molecule has 0 aliphatic heterocycles. The first-order valence-electron chi connectivity index (χ1n) is 8.46. The summed E-state index contributed by atoms with van der Waals surface area (Å²) in [4.78, 5) is 0. The van der Waals surface area contributed by atoms with E-state index in [-0.39, 0.29) is 0 Å². The third-order valence-electron chi connectivity index (χ3n) is 3.94. The first-order chi connectivity index (χ1) is 10.0. The third kappa shape index (κ3) is 8.63. The summed E-state index contributed by atoms with van der Waals surface area (Å²) in [5.74, 6) is 2.30. The van der Waals surface area contributed by atoms with Gasteiger partial charge in [-0.15, -0.1) is 0 Å². The maximum atomic E-state index is 3.65. The van der Waals surface area contributed by atoms with Crippen molar-refractivity contribution in [3.8, 4) is 0 Å². The van der Waals surface area contributed by atoms with Gasteiger partial charge in [-0.2, -0.15) is 0 Å². The summed E-state index contributed by atoms with van der Waals surface area (Å²) in [6.07, 6.45) is 5.16. The highest BCUT2D eigenvalue weighted by Crippen LogP contribution is 2.21. The van der Waals surface area contributed by atoms with Crippen LogP contribution in [0.3, 0.4) is 0 Å². The summed E-state index contributed by atoms with van der Waals surface area (Å²) in [6.45, 7) is 11.5. The molecule has 21 heavy (non-hydrogen) atoms. The number of halogens is 1. The lowest BCUT2D eigenvalue weighted by Gasteiger charge is -2.22. The van der Waals surface area contributed by atoms with Gasteiger partial charge < -0.3 is 5.32 Å². The second kappa shape index (κ2) is 10.4. The van der Waals surface area contributed by atoms with E-state index < -0.39 is 0 Å². The highest BCUT2D eigenvalue weighted by molar-refractivity contribution is 9.10. The summed E-state index contributed by atoms with van der Waals surface area (Å²) >= 11 is 3.52. The van der Waals surface area contributed by atoms with Crippen LogP contribution in [-0.2, 0) is 6.42 Å². The molecule has 0 amide bonds. The van der Waals surface area contributed by atoms with Gasteiger partial charge in [-0.3, -0.25) is 0 Å². The third-order valence-corrected chi connectivity index (χ3v) is 4.47. The molecule has 120 valence electrons. The van der Waals surface area contributed by atoms with Gasteiger partial charge in [0.15, 0.2) is 0 Å². The van der Waals surface area contributed by atoms with Crippen LogP contribution in [0.4, 0.5) is 0 Å². The van der Waals surface area contributed by atoms with Crippen LogP contribution in [0, 0.1) is 17.8 Å². The normalized spacial score (nSPS) is 14.4. The minimum absolute atomic E-state index is 0.728. The Balaban J connectivity index is 2.55. The van der Waals surface area contributed by atoms with Crippen molar-refractivity contribution in [3.05, 3.63) is 34.3 Å². The predicted octanol–water partition coefficient (Wildman–Crippen LogP) is 5.68. The lowest BCUT2D eigenvalue weighted by atomic mass is 9.88. The van der Waals surface area contributed by atoms with E-state index in [0.29, 0.717) is 0 Å². The molecule has 0 aliphatic carbocycles. The van der Waals surface area contributed by atoms with Gasteiger partial charge in [-0.1, -0.05) is 68.6 Å². The van der Waals surface area contributed by atoms with Crippen molar-refractivity contribution >= 4 is 15.9 Å². The fourth-order valence-corrected chi connectivity index (χ4v) is 3.21. The second-order valence-corrected chi connectivity index (χ2v) is 7.79. The maximum Gasteiger partial charge on any atom is 0.0175 e. The standard InChI is InChI=1S/C19H32BrN/c1-5-6-16(4)11-18(14-21-13-15(2)3)12-17-7-9-19(20)10-8-17/h7-10,15-16,18,21H,5-6,11-14H2,1-4H3. The zero-order valence-electron chi connectivity index (χ0n) is 14.2. The molecule has 0 aliphatic rings. The molecule has 1 rings (SSSR count). The highest BCUT2D eigenvalue weighted by Gasteiger charge is 2.14. The minimum Gasteiger partial charge on any atom is -0.316 e. The Hall–Kier alpha value is -0.340. The van der Waals surface area contributed by atoms with Crippen molar-refractivity contribution in [3.63, 3.8) is 0 Å². The lowest BCUT2D eigenvalue weighted by Crippen LogP contribution is -2.28. The summed E-state index contributed by atoms with van der Waals surface area (Å²) < 4.78 is 1.17. The molecule has 0 aromatic heterocycles. The molecule has 0 radical (unpaired) electrons. The Labute approximate surface area is 140 Å². The van der Waals surface area contributed by atoms with Crippen molar-refractivity contribution < 1.29 is 0 Å². The van der Waals surface area contributed by atoms with Gasteiger partial charge in [0.2, 0.25) is 0 Å². The molecule has 1 aromatic rings. The zero-order valence-corrected chi connectivity index (χ0v) is 15.7. The molecule has 1 nitrogen and oxygen atoms in total. The van der Waals surface area contributed by atoms with Gasteiger partial charge >= 0.3 is 0 Å². The number of hydrogen-bond acceptors (Lipinski definition) is 1. The van der Waals surface area contributed by atoms with Crippen LogP contribution < -0.4 is 5.32 Å². The lowest BCUT2D eigenvalue weighted by molar-refractivity contribution is 0.348. The van der Waals surface area contributed by atoms with Crippen LogP contribution >= 0.6 is 15.9 Å². The van der Waals surface area contributed by atoms with E-state index in [4.69, 9.17) is 0 Å². The minimum atomic E-state index is 0.728. The summed E-state index contributed by atoms with van der Waals surface area (Å²) in [7, 11) is 0. The summed E-state index contributed by atoms with van der Waals surface area (Å²) in [5, 5.41) is 3.65. The number of hydrogen-bond donors (Lipinski definition) is 1. The first kappa shape index (κ1) is 18.7. The van der Waals surface area contributed by atoms with Crippen LogP contribution in [0.15, 0.2) is 28.7 Å². The molecule has 0 saturated heterocycles. The average molecular weight is 354 g/mol. The molecule has 0 heterocycles. The van der Waals surface area contributed by atoms with Gasteiger partial charge in [0.1, 0.15) is 0 Å². The van der Waals surface area contributed by atoms with Crippen molar-refractivity contribution in [2.24, 2.45) is 17.8 Å². The van der Waals surface area contributed by atoms with E-state index in [1.165, 1.54) is 35.7 Å². The maximum absolute atomic E-state index is 3.65. The molecule has 0 bridgehead atoms. The van der Waals surface area contributed by atoms with Crippen molar-refractivity contribution in [1.29, 1.82) is 0 Å². The molecule has 2 unspecified atom stereocenters. The van der Waals surface area contributed by atoms with E-state index in [0.717, 1.165) is 30.8 Å².